The van der Waals surface area contributed by atoms with Gasteiger partial charge in [-0.25, -0.2) is 16.8 Å². The molecule has 0 bridgehead atoms. The fraction of sp³-hybridized carbons (Fsp3) is 0.600. The van der Waals surface area contributed by atoms with E-state index in [1.165, 1.54) is 0 Å². The van der Waals surface area contributed by atoms with Crippen LogP contribution in [0.25, 0.3) is 0 Å². The number of fused-ring (bicyclic) bond motifs is 2. The van der Waals surface area contributed by atoms with E-state index in [-0.39, 0.29) is 47.0 Å². The molecule has 12 heteroatoms. The molecule has 2 aliphatic heterocycles. The molecule has 3 aromatic carbocycles. The maximum Gasteiger partial charge on any atom is 0.179 e. The number of aliphatic hydroxyl groups excluding tert-OH is 2. The summed E-state index contributed by atoms with van der Waals surface area (Å²) < 4.78 is 78.3. The number of hydrogen-bond acceptors (Lipinski definition) is 10. The van der Waals surface area contributed by atoms with Gasteiger partial charge in [0.05, 0.1) is 59.9 Å². The Bertz CT molecular complexity index is 1970. The first-order valence-corrected chi connectivity index (χ1v) is 24.1. The van der Waals surface area contributed by atoms with Gasteiger partial charge >= 0.3 is 0 Å². The van der Waals surface area contributed by atoms with Crippen LogP contribution < -0.4 is 9.47 Å². The van der Waals surface area contributed by atoms with Crippen molar-refractivity contribution < 1.29 is 46.0 Å². The van der Waals surface area contributed by atoms with Crippen LogP contribution in [0.3, 0.4) is 0 Å². The van der Waals surface area contributed by atoms with Gasteiger partial charge in [0.15, 0.2) is 19.7 Å². The second-order valence-corrected chi connectivity index (χ2v) is 20.0. The summed E-state index contributed by atoms with van der Waals surface area (Å²) in [6.45, 7) is 11.7. The molecule has 2 aliphatic rings. The molecule has 0 aliphatic carbocycles. The normalized spacial score (nSPS) is 26.4. The molecule has 2 N–H and O–H groups in total. The van der Waals surface area contributed by atoms with Crippen molar-refractivity contribution in [2.24, 2.45) is 10.8 Å². The number of rotatable bonds is 20. The van der Waals surface area contributed by atoms with Gasteiger partial charge in [-0.1, -0.05) is 90.6 Å². The largest absolute Gasteiger partial charge is 0.491 e. The second kappa shape index (κ2) is 19.8. The lowest BCUT2D eigenvalue weighted by Crippen LogP contribution is -2.42. The van der Waals surface area contributed by atoms with Gasteiger partial charge in [-0.15, -0.1) is 0 Å². The third-order valence-electron chi connectivity index (χ3n) is 12.4. The van der Waals surface area contributed by atoms with E-state index in [1.54, 1.807) is 36.4 Å². The van der Waals surface area contributed by atoms with Crippen LogP contribution in [0.5, 0.6) is 11.5 Å². The van der Waals surface area contributed by atoms with Crippen LogP contribution in [0.2, 0.25) is 0 Å². The molecule has 5 rings (SSSR count). The van der Waals surface area contributed by atoms with Crippen LogP contribution >= 0.6 is 0 Å². The van der Waals surface area contributed by atoms with Gasteiger partial charge in [0.1, 0.15) is 24.7 Å². The highest BCUT2D eigenvalue weighted by Gasteiger charge is 2.49. The molecule has 0 amide bonds. The van der Waals surface area contributed by atoms with E-state index in [2.05, 4.69) is 13.8 Å². The summed E-state index contributed by atoms with van der Waals surface area (Å²) in [6, 6.07) is 19.7. The summed E-state index contributed by atoms with van der Waals surface area (Å²) in [4.78, 5) is 0.521. The molecule has 10 nitrogen and oxygen atoms in total. The molecule has 57 heavy (non-hydrogen) atoms. The van der Waals surface area contributed by atoms with Crippen molar-refractivity contribution in [3.05, 3.63) is 83.4 Å². The Morgan fingerprint density at radius 3 is 1.56 bits per heavy atom. The summed E-state index contributed by atoms with van der Waals surface area (Å²) in [5, 5.41) is 23.5. The SMILES string of the molecule is CCCC[C@]1(CC)CS(=O)(=O)c2ccc(OCCOCCOCCOc3ccc4c(c3)[C@H](C)[C@H](O)[C@@](CC)(CCCC)CS4(=O)=O)cc2[C@@H](c2ccccc2)[C@H]1O. The molecule has 2 heterocycles. The van der Waals surface area contributed by atoms with Crippen LogP contribution in [0.15, 0.2) is 76.5 Å². The summed E-state index contributed by atoms with van der Waals surface area (Å²) >= 11 is 0. The standard InChI is InChI=1S/C45H64O10S2/c1-6-10-21-44(8-3)31-56(48,49)39-19-17-35(29-37(39)33(5)42(44)46)54-27-25-52-23-24-53-26-28-55-36-18-20-40-38(30-36)41(34-15-13-12-14-16-34)43(47)45(9-4,22-11-7-2)32-57(40,50)51/h12-20,29-30,33,41-43,46-47H,6-11,21-28,31-32H2,1-5H3/t33-,41+,42-,43+,44-,45+/m0/s1. The van der Waals surface area contributed by atoms with Gasteiger partial charge in [-0.05, 0) is 78.8 Å². The van der Waals surface area contributed by atoms with Crippen molar-refractivity contribution in [1.29, 1.82) is 0 Å². The molecule has 0 fully saturated rings. The Hall–Kier alpha value is -3.00. The molecule has 3 aromatic rings. The first-order chi connectivity index (χ1) is 27.3. The number of ether oxygens (including phenoxy) is 4. The lowest BCUT2D eigenvalue weighted by atomic mass is 9.69. The van der Waals surface area contributed by atoms with Gasteiger partial charge in [0.2, 0.25) is 0 Å². The van der Waals surface area contributed by atoms with Crippen molar-refractivity contribution in [3.8, 4) is 11.5 Å². The number of aliphatic hydroxyl groups is 2. The summed E-state index contributed by atoms with van der Waals surface area (Å²) in [7, 11) is -7.29. The van der Waals surface area contributed by atoms with Crippen molar-refractivity contribution in [1.82, 2.24) is 0 Å². The fourth-order valence-corrected chi connectivity index (χ4v) is 13.5. The van der Waals surface area contributed by atoms with Crippen LogP contribution in [-0.4, -0.2) is 90.4 Å². The lowest BCUT2D eigenvalue weighted by Gasteiger charge is -2.39. The highest BCUT2D eigenvalue weighted by Crippen LogP contribution is 2.50. The molecule has 0 saturated heterocycles. The topological polar surface area (TPSA) is 146 Å². The van der Waals surface area contributed by atoms with E-state index in [0.717, 1.165) is 31.2 Å². The van der Waals surface area contributed by atoms with E-state index in [0.29, 0.717) is 68.1 Å². The lowest BCUT2D eigenvalue weighted by molar-refractivity contribution is 0.0125. The van der Waals surface area contributed by atoms with Crippen LogP contribution in [0.4, 0.5) is 0 Å². The predicted octanol–water partition coefficient (Wildman–Crippen LogP) is 7.88. The zero-order valence-corrected chi connectivity index (χ0v) is 36.1. The maximum atomic E-state index is 13.9. The predicted molar refractivity (Wildman–Crippen MR) is 223 cm³/mol. The molecule has 0 unspecified atom stereocenters. The number of hydrogen-bond donors (Lipinski definition) is 2. The first-order valence-electron chi connectivity index (χ1n) is 20.8. The number of unbranched alkanes of at least 4 members (excludes halogenated alkanes) is 2. The molecule has 0 saturated carbocycles. The van der Waals surface area contributed by atoms with Crippen molar-refractivity contribution in [2.75, 3.05) is 51.1 Å². The van der Waals surface area contributed by atoms with E-state index >= 15 is 0 Å². The van der Waals surface area contributed by atoms with Gasteiger partial charge in [0, 0.05) is 22.7 Å². The Kier molecular flexibility index (Phi) is 15.7. The molecule has 0 radical (unpaired) electrons. The van der Waals surface area contributed by atoms with Gasteiger partial charge < -0.3 is 29.2 Å². The fourth-order valence-electron chi connectivity index (χ4n) is 8.96. The summed E-state index contributed by atoms with van der Waals surface area (Å²) in [5.74, 6) is -0.0160. The molecule has 6 atom stereocenters. The smallest absolute Gasteiger partial charge is 0.179 e. The Balaban J connectivity index is 1.11. The van der Waals surface area contributed by atoms with Crippen molar-refractivity contribution >= 4 is 19.7 Å². The number of sulfone groups is 2. The summed E-state index contributed by atoms with van der Waals surface area (Å²) in [6.07, 6.45) is 4.30. The summed E-state index contributed by atoms with van der Waals surface area (Å²) in [5.41, 5.74) is 0.553. The third kappa shape index (κ3) is 10.2. The molecular weight excluding hydrogens is 765 g/mol. The minimum Gasteiger partial charge on any atom is -0.491 e. The van der Waals surface area contributed by atoms with E-state index in [1.807, 2.05) is 51.1 Å². The van der Waals surface area contributed by atoms with Crippen LogP contribution in [0.1, 0.15) is 115 Å². The highest BCUT2D eigenvalue weighted by molar-refractivity contribution is 7.91. The van der Waals surface area contributed by atoms with Gasteiger partial charge in [-0.3, -0.25) is 0 Å². The second-order valence-electron chi connectivity index (χ2n) is 16.0. The van der Waals surface area contributed by atoms with E-state index in [4.69, 9.17) is 18.9 Å². The van der Waals surface area contributed by atoms with Crippen molar-refractivity contribution in [3.63, 3.8) is 0 Å². The monoisotopic (exact) mass is 828 g/mol. The highest BCUT2D eigenvalue weighted by atomic mass is 32.2. The molecule has 316 valence electrons. The molecular formula is C45H64O10S2. The quantitative estimate of drug-likeness (QED) is 0.108. The van der Waals surface area contributed by atoms with Crippen molar-refractivity contribution in [2.45, 2.75) is 120 Å². The third-order valence-corrected chi connectivity index (χ3v) is 16.4. The maximum absolute atomic E-state index is 13.9. The Morgan fingerprint density at radius 1 is 0.614 bits per heavy atom. The van der Waals surface area contributed by atoms with E-state index in [9.17, 15) is 27.0 Å². The zero-order chi connectivity index (χ0) is 41.3. The van der Waals surface area contributed by atoms with Gasteiger partial charge in [-0.2, -0.15) is 0 Å². The van der Waals surface area contributed by atoms with Crippen LogP contribution in [0, 0.1) is 10.8 Å². The molecule has 0 spiro atoms. The van der Waals surface area contributed by atoms with Crippen LogP contribution in [-0.2, 0) is 29.1 Å². The first kappa shape index (κ1) is 45.1. The average Bonchev–Trinajstić information content (AvgIpc) is 3.32. The zero-order valence-electron chi connectivity index (χ0n) is 34.5. The Labute approximate surface area is 341 Å². The molecule has 0 aromatic heterocycles. The Morgan fingerprint density at radius 2 is 1.07 bits per heavy atom. The van der Waals surface area contributed by atoms with Gasteiger partial charge in [0.25, 0.3) is 0 Å². The minimum atomic E-state index is -3.69. The minimum absolute atomic E-state index is 0.0587. The average molecular weight is 829 g/mol. The van der Waals surface area contributed by atoms with E-state index < -0.39 is 48.6 Å². The number of benzene rings is 3.